The van der Waals surface area contributed by atoms with Gasteiger partial charge in [0.25, 0.3) is 0 Å². The summed E-state index contributed by atoms with van der Waals surface area (Å²) in [6.45, 7) is 2.58. The molecule has 0 aliphatic carbocycles. The Morgan fingerprint density at radius 2 is 2.03 bits per heavy atom. The number of nitrogens with zero attached hydrogens (tertiary/aromatic N) is 2. The first kappa shape index (κ1) is 27.0. The summed E-state index contributed by atoms with van der Waals surface area (Å²) in [5, 5.41) is 11.8. The van der Waals surface area contributed by atoms with Crippen LogP contribution in [0.5, 0.6) is 5.75 Å². The Morgan fingerprint density at radius 1 is 1.22 bits per heavy atom. The summed E-state index contributed by atoms with van der Waals surface area (Å²) in [5.41, 5.74) is 3.23. The number of methoxy groups -OCH3 is 1. The van der Waals surface area contributed by atoms with Gasteiger partial charge in [-0.3, -0.25) is 15.0 Å². The average Bonchev–Trinajstić information content (AvgIpc) is 2.90. The number of ether oxygens (including phenoxy) is 1. The van der Waals surface area contributed by atoms with Gasteiger partial charge in [-0.25, -0.2) is 5.48 Å². The lowest BCUT2D eigenvalue weighted by molar-refractivity contribution is -0.143. The highest BCUT2D eigenvalue weighted by atomic mass is 35.5. The van der Waals surface area contributed by atoms with Crippen LogP contribution in [0.2, 0.25) is 10.0 Å². The molecule has 1 aliphatic heterocycles. The minimum absolute atomic E-state index is 0.289. The van der Waals surface area contributed by atoms with Gasteiger partial charge in [0.2, 0.25) is 5.91 Å². The Labute approximate surface area is 226 Å². The van der Waals surface area contributed by atoms with Crippen LogP contribution in [0.15, 0.2) is 53.6 Å². The molecule has 3 aromatic rings. The van der Waals surface area contributed by atoms with Crippen molar-refractivity contribution >= 4 is 51.8 Å². The number of likely N-dealkylation sites (tertiary alicyclic amines) is 1. The van der Waals surface area contributed by atoms with Crippen LogP contribution in [-0.2, 0) is 11.2 Å². The van der Waals surface area contributed by atoms with E-state index in [0.717, 1.165) is 63.9 Å². The number of carbonyl (C=O) groups is 1. The molecule has 0 bridgehead atoms. The number of halogens is 2. The quantitative estimate of drug-likeness (QED) is 0.177. The SMILES string of the molecule is COc1ccc2ncc(Cl)c(CCCC3(C(=O)NO)CCN(CCSc4cccc(Cl)c4)CC3)c2c1. The molecular formula is C27H31Cl2N3O3S. The Morgan fingerprint density at radius 3 is 2.75 bits per heavy atom. The van der Waals surface area contributed by atoms with Crippen molar-refractivity contribution in [2.24, 2.45) is 5.41 Å². The monoisotopic (exact) mass is 547 g/mol. The molecule has 6 nitrogen and oxygen atoms in total. The molecular weight excluding hydrogens is 517 g/mol. The molecule has 0 saturated carbocycles. The molecule has 0 atom stereocenters. The Bertz CT molecular complexity index is 1200. The van der Waals surface area contributed by atoms with Gasteiger partial charge in [-0.05, 0) is 87.2 Å². The minimum Gasteiger partial charge on any atom is -0.497 e. The number of pyridine rings is 1. The lowest BCUT2D eigenvalue weighted by Gasteiger charge is -2.40. The lowest BCUT2D eigenvalue weighted by Crippen LogP contribution is -2.48. The normalized spacial score (nSPS) is 15.7. The van der Waals surface area contributed by atoms with E-state index in [1.54, 1.807) is 25.1 Å². The molecule has 2 heterocycles. The molecule has 2 N–H and O–H groups in total. The van der Waals surface area contributed by atoms with Gasteiger partial charge in [-0.15, -0.1) is 11.8 Å². The van der Waals surface area contributed by atoms with Crippen LogP contribution >= 0.6 is 35.0 Å². The van der Waals surface area contributed by atoms with E-state index in [-0.39, 0.29) is 5.91 Å². The fourth-order valence-corrected chi connectivity index (χ4v) is 6.42. The Kier molecular flexibility index (Phi) is 9.36. The largest absolute Gasteiger partial charge is 0.497 e. The van der Waals surface area contributed by atoms with Gasteiger partial charge in [0.15, 0.2) is 0 Å². The van der Waals surface area contributed by atoms with E-state index >= 15 is 0 Å². The summed E-state index contributed by atoms with van der Waals surface area (Å²) >= 11 is 14.4. The van der Waals surface area contributed by atoms with E-state index in [1.165, 1.54) is 0 Å². The zero-order valence-corrected chi connectivity index (χ0v) is 22.6. The van der Waals surface area contributed by atoms with Crippen molar-refractivity contribution in [1.29, 1.82) is 0 Å². The topological polar surface area (TPSA) is 74.7 Å². The second-order valence-electron chi connectivity index (χ2n) is 9.19. The van der Waals surface area contributed by atoms with Crippen LogP contribution in [0.1, 0.15) is 31.2 Å². The van der Waals surface area contributed by atoms with Gasteiger partial charge >= 0.3 is 0 Å². The summed E-state index contributed by atoms with van der Waals surface area (Å²) in [6.07, 6.45) is 5.26. The van der Waals surface area contributed by atoms with E-state index in [4.69, 9.17) is 27.9 Å². The minimum atomic E-state index is -0.585. The molecule has 2 aromatic carbocycles. The third-order valence-electron chi connectivity index (χ3n) is 7.08. The summed E-state index contributed by atoms with van der Waals surface area (Å²) in [4.78, 5) is 20.8. The first-order valence-electron chi connectivity index (χ1n) is 12.1. The molecule has 0 spiro atoms. The number of nitrogens with one attached hydrogen (secondary N) is 1. The van der Waals surface area contributed by atoms with Crippen molar-refractivity contribution in [2.75, 3.05) is 32.5 Å². The smallest absolute Gasteiger partial charge is 0.249 e. The number of hydrogen-bond donors (Lipinski definition) is 2. The first-order valence-corrected chi connectivity index (χ1v) is 13.8. The predicted molar refractivity (Wildman–Crippen MR) is 146 cm³/mol. The van der Waals surface area contributed by atoms with Gasteiger partial charge < -0.3 is 9.64 Å². The van der Waals surface area contributed by atoms with Gasteiger partial charge in [0.05, 0.1) is 23.1 Å². The summed E-state index contributed by atoms with van der Waals surface area (Å²) in [6, 6.07) is 13.7. The molecule has 36 heavy (non-hydrogen) atoms. The lowest BCUT2D eigenvalue weighted by atomic mass is 9.73. The number of aromatic nitrogens is 1. The summed E-state index contributed by atoms with van der Waals surface area (Å²) in [5.74, 6) is 1.42. The van der Waals surface area contributed by atoms with Crippen molar-refractivity contribution < 1.29 is 14.7 Å². The number of piperidine rings is 1. The highest BCUT2D eigenvalue weighted by Crippen LogP contribution is 2.38. The van der Waals surface area contributed by atoms with Crippen LogP contribution in [-0.4, -0.2) is 53.5 Å². The summed E-state index contributed by atoms with van der Waals surface area (Å²) < 4.78 is 5.38. The average molecular weight is 549 g/mol. The number of thioether (sulfide) groups is 1. The predicted octanol–water partition coefficient (Wildman–Crippen LogP) is 6.25. The van der Waals surface area contributed by atoms with Gasteiger partial charge in [-0.1, -0.05) is 29.3 Å². The number of benzene rings is 2. The van der Waals surface area contributed by atoms with Crippen molar-refractivity contribution in [1.82, 2.24) is 15.4 Å². The van der Waals surface area contributed by atoms with Crippen LogP contribution in [0, 0.1) is 5.41 Å². The van der Waals surface area contributed by atoms with Crippen molar-refractivity contribution in [3.63, 3.8) is 0 Å². The van der Waals surface area contributed by atoms with Gasteiger partial charge in [0, 0.05) is 33.8 Å². The molecule has 9 heteroatoms. The standard InChI is InChI=1S/C27H31Cl2N3O3S/c1-35-20-7-8-25-23(17-20)22(24(29)18-30-25)6-3-9-27(26(33)31-34)10-12-32(13-11-27)14-15-36-21-5-2-4-19(28)16-21/h2,4-5,7-8,16-18,34H,3,6,9-15H2,1H3,(H,31,33). The van der Waals surface area contributed by atoms with E-state index in [2.05, 4.69) is 16.0 Å². The second-order valence-corrected chi connectivity index (χ2v) is 11.2. The highest BCUT2D eigenvalue weighted by Gasteiger charge is 2.40. The number of hydrogen-bond acceptors (Lipinski definition) is 6. The molecule has 1 saturated heterocycles. The molecule has 0 unspecified atom stereocenters. The highest BCUT2D eigenvalue weighted by molar-refractivity contribution is 7.99. The molecule has 1 aromatic heterocycles. The molecule has 0 radical (unpaired) electrons. The zero-order chi connectivity index (χ0) is 25.5. The fraction of sp³-hybridized carbons (Fsp3) is 0.407. The van der Waals surface area contributed by atoms with E-state index in [0.29, 0.717) is 30.7 Å². The third-order valence-corrected chi connectivity index (χ3v) is 8.62. The number of aryl methyl sites for hydroxylation is 1. The molecule has 1 aliphatic rings. The zero-order valence-electron chi connectivity index (χ0n) is 20.3. The van der Waals surface area contributed by atoms with E-state index < -0.39 is 5.41 Å². The second kappa shape index (κ2) is 12.5. The Balaban J connectivity index is 1.35. The molecule has 192 valence electrons. The van der Waals surface area contributed by atoms with E-state index in [9.17, 15) is 10.0 Å². The van der Waals surface area contributed by atoms with Crippen LogP contribution in [0.4, 0.5) is 0 Å². The maximum Gasteiger partial charge on any atom is 0.249 e. The number of rotatable bonds is 10. The van der Waals surface area contributed by atoms with Crippen molar-refractivity contribution in [3.05, 3.63) is 64.3 Å². The third kappa shape index (κ3) is 6.45. The van der Waals surface area contributed by atoms with Crippen molar-refractivity contribution in [2.45, 2.75) is 37.0 Å². The van der Waals surface area contributed by atoms with Crippen LogP contribution in [0.3, 0.4) is 0 Å². The number of amides is 1. The maximum atomic E-state index is 12.8. The van der Waals surface area contributed by atoms with Gasteiger partial charge in [-0.2, -0.15) is 0 Å². The number of fused-ring (bicyclic) bond motifs is 1. The number of hydroxylamine groups is 1. The molecule has 1 amide bonds. The van der Waals surface area contributed by atoms with Gasteiger partial charge in [0.1, 0.15) is 5.75 Å². The Hall–Kier alpha value is -2.03. The number of carbonyl (C=O) groups excluding carboxylic acids is 1. The fourth-order valence-electron chi connectivity index (χ4n) is 4.95. The molecule has 1 fully saturated rings. The van der Waals surface area contributed by atoms with Crippen molar-refractivity contribution in [3.8, 4) is 5.75 Å². The van der Waals surface area contributed by atoms with Crippen LogP contribution in [0.25, 0.3) is 10.9 Å². The maximum absolute atomic E-state index is 12.8. The first-order chi connectivity index (χ1) is 17.4. The van der Waals surface area contributed by atoms with Crippen LogP contribution < -0.4 is 10.2 Å². The summed E-state index contributed by atoms with van der Waals surface area (Å²) in [7, 11) is 1.64. The van der Waals surface area contributed by atoms with E-state index in [1.807, 2.05) is 41.9 Å². The molecule has 4 rings (SSSR count).